The van der Waals surface area contributed by atoms with Crippen LogP contribution in [-0.4, -0.2) is 19.0 Å². The van der Waals surface area contributed by atoms with E-state index in [0.29, 0.717) is 6.42 Å². The van der Waals surface area contributed by atoms with E-state index < -0.39 is 0 Å². The smallest absolute Gasteiger partial charge is 0.220 e. The molecule has 3 nitrogen and oxygen atoms in total. The number of unbranched alkanes of at least 4 members (excludes halogenated alkanes) is 2. The Bertz CT molecular complexity index is 155. The lowest BCUT2D eigenvalue weighted by molar-refractivity contribution is -0.121. The zero-order chi connectivity index (χ0) is 9.52. The third kappa shape index (κ3) is 5.64. The monoisotopic (exact) mass is 184 g/mol. The number of carbonyl (C=O) groups is 1. The highest BCUT2D eigenvalue weighted by Crippen LogP contribution is 2.27. The topological polar surface area (TPSA) is 55.1 Å². The van der Waals surface area contributed by atoms with Crippen molar-refractivity contribution in [3.63, 3.8) is 0 Å². The molecule has 3 N–H and O–H groups in total. The molecule has 1 saturated carbocycles. The number of nitrogens with one attached hydrogen (secondary N) is 1. The van der Waals surface area contributed by atoms with E-state index in [4.69, 9.17) is 5.73 Å². The molecule has 1 rings (SSSR count). The van der Waals surface area contributed by atoms with Crippen LogP contribution in [0, 0.1) is 5.92 Å². The first-order valence-electron chi connectivity index (χ1n) is 5.29. The Labute approximate surface area is 80.1 Å². The molecule has 1 fully saturated rings. The molecule has 0 aliphatic heterocycles. The molecule has 1 amide bonds. The number of rotatable bonds is 7. The highest BCUT2D eigenvalue weighted by Gasteiger charge is 2.21. The summed E-state index contributed by atoms with van der Waals surface area (Å²) in [7, 11) is 0. The van der Waals surface area contributed by atoms with Crippen LogP contribution in [0.2, 0.25) is 0 Å². The van der Waals surface area contributed by atoms with Crippen LogP contribution in [0.1, 0.15) is 38.5 Å². The summed E-state index contributed by atoms with van der Waals surface area (Å²) in [4.78, 5) is 11.2. The lowest BCUT2D eigenvalue weighted by Crippen LogP contribution is -2.25. The van der Waals surface area contributed by atoms with Gasteiger partial charge in [-0.2, -0.15) is 0 Å². The number of carbonyl (C=O) groups excluding carboxylic acids is 1. The van der Waals surface area contributed by atoms with E-state index >= 15 is 0 Å². The zero-order valence-electron chi connectivity index (χ0n) is 8.22. The average Bonchev–Trinajstić information content (AvgIpc) is 2.92. The second-order valence-corrected chi connectivity index (χ2v) is 3.85. The van der Waals surface area contributed by atoms with Gasteiger partial charge in [-0.05, 0) is 38.1 Å². The second-order valence-electron chi connectivity index (χ2n) is 3.85. The summed E-state index contributed by atoms with van der Waals surface area (Å²) in [6, 6.07) is 0. The third-order valence-corrected chi connectivity index (χ3v) is 2.39. The van der Waals surface area contributed by atoms with Crippen LogP contribution < -0.4 is 11.1 Å². The van der Waals surface area contributed by atoms with Crippen molar-refractivity contribution in [3.05, 3.63) is 0 Å². The lowest BCUT2D eigenvalue weighted by Gasteiger charge is -2.03. The zero-order valence-corrected chi connectivity index (χ0v) is 8.22. The molecular formula is C10H20N2O. The fourth-order valence-corrected chi connectivity index (χ4v) is 1.28. The molecule has 0 heterocycles. The molecule has 3 heteroatoms. The van der Waals surface area contributed by atoms with E-state index in [-0.39, 0.29) is 5.91 Å². The molecule has 13 heavy (non-hydrogen) atoms. The molecule has 1 aliphatic carbocycles. The number of nitrogens with two attached hydrogens (primary N) is 1. The SMILES string of the molecule is NCCCCCC(=O)NCC1CC1. The maximum Gasteiger partial charge on any atom is 0.220 e. The van der Waals surface area contributed by atoms with E-state index in [0.717, 1.165) is 38.3 Å². The molecule has 0 radical (unpaired) electrons. The van der Waals surface area contributed by atoms with Crippen LogP contribution in [-0.2, 0) is 4.79 Å². The summed E-state index contributed by atoms with van der Waals surface area (Å²) >= 11 is 0. The molecule has 0 bridgehead atoms. The first kappa shape index (κ1) is 10.5. The van der Waals surface area contributed by atoms with Gasteiger partial charge >= 0.3 is 0 Å². The summed E-state index contributed by atoms with van der Waals surface area (Å²) in [6.45, 7) is 1.64. The van der Waals surface area contributed by atoms with Crippen LogP contribution in [0.5, 0.6) is 0 Å². The minimum Gasteiger partial charge on any atom is -0.356 e. The van der Waals surface area contributed by atoms with Gasteiger partial charge in [-0.15, -0.1) is 0 Å². The van der Waals surface area contributed by atoms with Gasteiger partial charge in [0, 0.05) is 13.0 Å². The van der Waals surface area contributed by atoms with Gasteiger partial charge in [0.2, 0.25) is 5.91 Å². The number of hydrogen-bond donors (Lipinski definition) is 2. The van der Waals surface area contributed by atoms with Crippen LogP contribution >= 0.6 is 0 Å². The van der Waals surface area contributed by atoms with Crippen LogP contribution in [0.25, 0.3) is 0 Å². The molecular weight excluding hydrogens is 164 g/mol. The van der Waals surface area contributed by atoms with Crippen LogP contribution in [0.15, 0.2) is 0 Å². The van der Waals surface area contributed by atoms with Gasteiger partial charge in [0.1, 0.15) is 0 Å². The summed E-state index contributed by atoms with van der Waals surface area (Å²) in [5, 5.41) is 2.95. The summed E-state index contributed by atoms with van der Waals surface area (Å²) in [5.74, 6) is 0.997. The standard InChI is InChI=1S/C10H20N2O/c11-7-3-1-2-4-10(13)12-8-9-5-6-9/h9H,1-8,11H2,(H,12,13). The van der Waals surface area contributed by atoms with Crippen molar-refractivity contribution in [1.82, 2.24) is 5.32 Å². The first-order chi connectivity index (χ1) is 6.33. The Morgan fingerprint density at radius 2 is 2.08 bits per heavy atom. The molecule has 1 aliphatic rings. The van der Waals surface area contributed by atoms with Gasteiger partial charge in [-0.3, -0.25) is 4.79 Å². The maximum atomic E-state index is 11.2. The second kappa shape index (κ2) is 5.97. The molecule has 0 aromatic rings. The maximum absolute atomic E-state index is 11.2. The van der Waals surface area contributed by atoms with E-state index in [1.54, 1.807) is 0 Å². The molecule has 76 valence electrons. The number of amides is 1. The molecule has 0 spiro atoms. The van der Waals surface area contributed by atoms with Crippen molar-refractivity contribution < 1.29 is 4.79 Å². The van der Waals surface area contributed by atoms with Crippen molar-refractivity contribution in [1.29, 1.82) is 0 Å². The van der Waals surface area contributed by atoms with E-state index in [9.17, 15) is 4.79 Å². The van der Waals surface area contributed by atoms with Gasteiger partial charge in [0.25, 0.3) is 0 Å². The minimum atomic E-state index is 0.212. The van der Waals surface area contributed by atoms with Crippen LogP contribution in [0.3, 0.4) is 0 Å². The van der Waals surface area contributed by atoms with Gasteiger partial charge in [-0.25, -0.2) is 0 Å². The van der Waals surface area contributed by atoms with Gasteiger partial charge in [-0.1, -0.05) is 6.42 Å². The molecule has 0 saturated heterocycles. The summed E-state index contributed by atoms with van der Waals surface area (Å²) < 4.78 is 0. The van der Waals surface area contributed by atoms with Crippen molar-refractivity contribution in [2.24, 2.45) is 11.7 Å². The van der Waals surface area contributed by atoms with Gasteiger partial charge in [0.15, 0.2) is 0 Å². The van der Waals surface area contributed by atoms with E-state index in [1.165, 1.54) is 12.8 Å². The fraction of sp³-hybridized carbons (Fsp3) is 0.900. The van der Waals surface area contributed by atoms with Crippen molar-refractivity contribution in [3.8, 4) is 0 Å². The van der Waals surface area contributed by atoms with E-state index in [1.807, 2.05) is 0 Å². The van der Waals surface area contributed by atoms with Crippen molar-refractivity contribution >= 4 is 5.91 Å². The van der Waals surface area contributed by atoms with E-state index in [2.05, 4.69) is 5.32 Å². The fourth-order valence-electron chi connectivity index (χ4n) is 1.28. The van der Waals surface area contributed by atoms with Crippen molar-refractivity contribution in [2.45, 2.75) is 38.5 Å². The molecule has 0 aromatic carbocycles. The predicted molar refractivity (Wildman–Crippen MR) is 53.3 cm³/mol. The molecule has 0 aromatic heterocycles. The number of hydrogen-bond acceptors (Lipinski definition) is 2. The van der Waals surface area contributed by atoms with Gasteiger partial charge in [0.05, 0.1) is 0 Å². The summed E-state index contributed by atoms with van der Waals surface area (Å²) in [6.07, 6.45) is 6.37. The predicted octanol–water partition coefficient (Wildman–Crippen LogP) is 1.03. The third-order valence-electron chi connectivity index (χ3n) is 2.39. The molecule has 0 unspecified atom stereocenters. The quantitative estimate of drug-likeness (QED) is 0.581. The normalized spacial score (nSPS) is 15.8. The Hall–Kier alpha value is -0.570. The Balaban J connectivity index is 1.84. The Morgan fingerprint density at radius 1 is 1.31 bits per heavy atom. The Kier molecular flexibility index (Phi) is 4.83. The molecule has 0 atom stereocenters. The average molecular weight is 184 g/mol. The van der Waals surface area contributed by atoms with Crippen molar-refractivity contribution in [2.75, 3.05) is 13.1 Å². The minimum absolute atomic E-state index is 0.212. The Morgan fingerprint density at radius 3 is 2.69 bits per heavy atom. The highest BCUT2D eigenvalue weighted by atomic mass is 16.1. The largest absolute Gasteiger partial charge is 0.356 e. The summed E-state index contributed by atoms with van der Waals surface area (Å²) in [5.41, 5.74) is 5.35. The highest BCUT2D eigenvalue weighted by molar-refractivity contribution is 5.75. The van der Waals surface area contributed by atoms with Crippen LogP contribution in [0.4, 0.5) is 0 Å². The van der Waals surface area contributed by atoms with Gasteiger partial charge < -0.3 is 11.1 Å². The lowest BCUT2D eigenvalue weighted by atomic mass is 10.2. The first-order valence-corrected chi connectivity index (χ1v) is 5.29.